The van der Waals surface area contributed by atoms with Gasteiger partial charge in [-0.3, -0.25) is 0 Å². The zero-order valence-corrected chi connectivity index (χ0v) is 22.7. The zero-order valence-electron chi connectivity index (χ0n) is 3.98. The van der Waals surface area contributed by atoms with Gasteiger partial charge in [0.2, 0.25) is 0 Å². The molecule has 0 aromatic heterocycles. The van der Waals surface area contributed by atoms with Crippen LogP contribution in [0.3, 0.4) is 0 Å². The maximum atomic E-state index is 0. The molecule has 0 aromatic rings. The van der Waals surface area contributed by atoms with Gasteiger partial charge in [0.1, 0.15) is 0 Å². The van der Waals surface area contributed by atoms with Crippen molar-refractivity contribution in [1.29, 1.82) is 0 Å². The molecule has 0 fully saturated rings. The Labute approximate surface area is 139 Å². The van der Waals surface area contributed by atoms with Gasteiger partial charge in [-0.15, -0.1) is 0 Å². The summed E-state index contributed by atoms with van der Waals surface area (Å²) in [6.07, 6.45) is 0. The quantitative estimate of drug-likeness (QED) is 0.280. The van der Waals surface area contributed by atoms with E-state index in [0.29, 0.717) is 0 Å². The van der Waals surface area contributed by atoms with Crippen LogP contribution in [0, 0.1) is 0 Å². The number of rotatable bonds is 0. The normalized spacial score (nSPS) is 0. The van der Waals surface area contributed by atoms with Crippen LogP contribution in [-0.4, -0.2) is 90.5 Å². The molecule has 0 rings (SSSR count). The van der Waals surface area contributed by atoms with Gasteiger partial charge >= 0.3 is 27.3 Å². The third-order valence-electron chi connectivity index (χ3n) is 0. The van der Waals surface area contributed by atoms with Crippen LogP contribution in [0.15, 0.2) is 0 Å². The van der Waals surface area contributed by atoms with Crippen LogP contribution < -0.4 is 0 Å². The van der Waals surface area contributed by atoms with Crippen LogP contribution >= 0.6 is 0 Å². The molecule has 0 atom stereocenters. The van der Waals surface area contributed by atoms with Crippen LogP contribution in [0.1, 0.15) is 0 Å². The molecule has 0 aromatic carbocycles. The molecule has 0 unspecified atom stereocenters. The van der Waals surface area contributed by atoms with Crippen molar-refractivity contribution in [3.8, 4) is 0 Å². The van der Waals surface area contributed by atoms with E-state index in [0.717, 1.165) is 0 Å². The summed E-state index contributed by atoms with van der Waals surface area (Å²) in [6.45, 7) is 0. The minimum absolute atomic E-state index is 0. The van der Waals surface area contributed by atoms with E-state index < -0.39 is 0 Å². The molecule has 0 N–H and O–H groups in total. The summed E-state index contributed by atoms with van der Waals surface area (Å²) in [5, 5.41) is 0. The van der Waals surface area contributed by atoms with Crippen LogP contribution in [0.25, 0.3) is 0 Å². The standard InChI is InChI=1S/Cd.Ga.Ge.In.O.Pb.Zn/q;;;;-2;+2;. The number of hydrogen-bond acceptors (Lipinski definition) is 0. The summed E-state index contributed by atoms with van der Waals surface area (Å²) >= 11 is 0. The maximum absolute atomic E-state index is 0. The Morgan fingerprint density at radius 3 is 1.00 bits per heavy atom. The van der Waals surface area contributed by atoms with Crippen molar-refractivity contribution in [3.05, 3.63) is 0 Å². The monoisotopic (exact) mass is 660 g/mol. The Bertz CT molecular complexity index is 19.7. The SMILES string of the molecule is [Cd].[Ga].[Ge].[In].[O-2].[Pb+2].[Zn]. The Kier molecular flexibility index (Phi) is 422. The first kappa shape index (κ1) is 62.9. The van der Waals surface area contributed by atoms with E-state index in [1.54, 1.807) is 0 Å². The van der Waals surface area contributed by atoms with Crippen molar-refractivity contribution in [3.63, 3.8) is 0 Å². The van der Waals surface area contributed by atoms with Gasteiger partial charge in [-0.1, -0.05) is 0 Å². The first-order valence-corrected chi connectivity index (χ1v) is 0. The molecule has 0 saturated carbocycles. The van der Waals surface area contributed by atoms with Gasteiger partial charge in [0, 0.05) is 110 Å². The molecular weight excluding hydrogens is 658 g/mol. The summed E-state index contributed by atoms with van der Waals surface area (Å²) in [5.41, 5.74) is 0. The summed E-state index contributed by atoms with van der Waals surface area (Å²) in [5.74, 6) is 0. The van der Waals surface area contributed by atoms with Crippen molar-refractivity contribution in [2.75, 3.05) is 0 Å². The average Bonchev–Trinajstić information content (AvgIpc) is 0. The van der Waals surface area contributed by atoms with E-state index in [9.17, 15) is 0 Å². The van der Waals surface area contributed by atoms with Crippen molar-refractivity contribution in [2.24, 2.45) is 0 Å². The molecule has 0 bridgehead atoms. The zero-order chi connectivity index (χ0) is 0. The molecular formula is CdGaGeInOPbZn. The largest absolute Gasteiger partial charge is 2.00 e. The molecule has 1 nitrogen and oxygen atoms in total. The van der Waals surface area contributed by atoms with Crippen molar-refractivity contribution >= 4 is 90.5 Å². The second-order valence-electron chi connectivity index (χ2n) is 0. The van der Waals surface area contributed by atoms with Gasteiger partial charge in [-0.25, -0.2) is 0 Å². The van der Waals surface area contributed by atoms with Gasteiger partial charge in [0.05, 0.1) is 0 Å². The second kappa shape index (κ2) is 46.9. The predicted molar refractivity (Wildman–Crippen MR) is 23.7 cm³/mol. The molecule has 24 valence electrons. The molecule has 0 aliphatic carbocycles. The first-order valence-electron chi connectivity index (χ1n) is 0. The van der Waals surface area contributed by atoms with Crippen molar-refractivity contribution in [2.45, 2.75) is 0 Å². The summed E-state index contributed by atoms with van der Waals surface area (Å²) in [7, 11) is 0. The molecule has 7 heavy (non-hydrogen) atoms. The molecule has 0 aliphatic rings. The van der Waals surface area contributed by atoms with E-state index in [-0.39, 0.29) is 143 Å². The maximum Gasteiger partial charge on any atom is 2.00 e. The minimum Gasteiger partial charge on any atom is -2.00 e. The van der Waals surface area contributed by atoms with E-state index in [1.165, 1.54) is 0 Å². The molecule has 0 aliphatic heterocycles. The smallest absolute Gasteiger partial charge is 2.00 e. The fraction of sp³-hybridized carbons (Fsp3) is 0. The summed E-state index contributed by atoms with van der Waals surface area (Å²) < 4.78 is 0. The third kappa shape index (κ3) is 37.6. The van der Waals surface area contributed by atoms with Crippen molar-refractivity contribution < 1.29 is 52.3 Å². The van der Waals surface area contributed by atoms with E-state index >= 15 is 0 Å². The van der Waals surface area contributed by atoms with Gasteiger partial charge in [0.15, 0.2) is 0 Å². The molecule has 0 heterocycles. The van der Waals surface area contributed by atoms with Gasteiger partial charge in [0.25, 0.3) is 0 Å². The topological polar surface area (TPSA) is 28.5 Å². The molecule has 0 amide bonds. The Hall–Kier alpha value is 4.48. The summed E-state index contributed by atoms with van der Waals surface area (Å²) in [6, 6.07) is 0. The third-order valence-corrected chi connectivity index (χ3v) is 0. The molecule has 7 heteroatoms. The Morgan fingerprint density at radius 2 is 1.00 bits per heavy atom. The summed E-state index contributed by atoms with van der Waals surface area (Å²) in [4.78, 5) is 0. The minimum atomic E-state index is 0. The second-order valence-corrected chi connectivity index (χ2v) is 0. The first-order chi connectivity index (χ1) is 0. The van der Waals surface area contributed by atoms with Crippen LogP contribution in [0.2, 0.25) is 0 Å². The molecule has 0 saturated heterocycles. The molecule has 12 radical (unpaired) electrons. The van der Waals surface area contributed by atoms with Crippen LogP contribution in [0.4, 0.5) is 0 Å². The fourth-order valence-corrected chi connectivity index (χ4v) is 0. The van der Waals surface area contributed by atoms with Gasteiger partial charge in [-0.2, -0.15) is 0 Å². The fourth-order valence-electron chi connectivity index (χ4n) is 0. The van der Waals surface area contributed by atoms with Gasteiger partial charge < -0.3 is 5.48 Å². The van der Waals surface area contributed by atoms with Crippen LogP contribution in [0.5, 0.6) is 0 Å². The van der Waals surface area contributed by atoms with E-state index in [4.69, 9.17) is 0 Å². The Morgan fingerprint density at radius 1 is 1.00 bits per heavy atom. The Balaban J connectivity index is 0. The predicted octanol–water partition coefficient (Wildman–Crippen LogP) is -1.65. The van der Waals surface area contributed by atoms with Gasteiger partial charge in [-0.05, 0) is 0 Å². The number of hydrogen-bond donors (Lipinski definition) is 0. The van der Waals surface area contributed by atoms with E-state index in [2.05, 4.69) is 0 Å². The molecule has 0 spiro atoms. The average molecular weight is 658 g/mol. The van der Waals surface area contributed by atoms with E-state index in [1.807, 2.05) is 0 Å². The van der Waals surface area contributed by atoms with Crippen LogP contribution in [-0.2, 0) is 52.3 Å². The van der Waals surface area contributed by atoms with Crippen molar-refractivity contribution in [1.82, 2.24) is 0 Å².